The number of hydrogen-bond donors (Lipinski definition) is 2. The van der Waals surface area contributed by atoms with Crippen molar-refractivity contribution in [2.24, 2.45) is 0 Å². The number of nitrogens with one attached hydrogen (secondary N) is 2. The fraction of sp³-hybridized carbons (Fsp3) is 0.379. The molecule has 0 radical (unpaired) electrons. The zero-order chi connectivity index (χ0) is 25.6. The van der Waals surface area contributed by atoms with E-state index in [0.29, 0.717) is 51.2 Å². The Balaban J connectivity index is 1.35. The van der Waals surface area contributed by atoms with Crippen LogP contribution in [-0.4, -0.2) is 58.5 Å². The van der Waals surface area contributed by atoms with Crippen LogP contribution in [-0.2, 0) is 29.1 Å². The Kier molecular flexibility index (Phi) is 7.87. The van der Waals surface area contributed by atoms with E-state index in [1.807, 2.05) is 55.5 Å². The Hall–Kier alpha value is -3.62. The van der Waals surface area contributed by atoms with E-state index < -0.39 is 0 Å². The summed E-state index contributed by atoms with van der Waals surface area (Å²) >= 11 is 0. The number of ether oxygens (including phenoxy) is 1. The molecular weight excluding hydrogens is 466 g/mol. The smallest absolute Gasteiger partial charge is 0.251 e. The standard InChI is InChI=1S/C29H33N5O3/c1-2-27-30-13-11-24(32-27)16-34-17-25-26(18-34)37-19-20-6-3-7-21(14-20)22-8-4-9-23(15-22)29(36)31-12-5-10-28(35)33-25/h3-4,6-9,11,13-15,25-26H,2,5,10,12,16-19H2,1H3,(H,31,36)(H,33,35)/t25-,26-/m0/s1. The van der Waals surface area contributed by atoms with Crippen molar-refractivity contribution in [3.05, 3.63) is 83.4 Å². The number of likely N-dealkylation sites (tertiary alicyclic amines) is 1. The maximum absolute atomic E-state index is 12.8. The molecule has 1 aromatic heterocycles. The first-order chi connectivity index (χ1) is 18.1. The van der Waals surface area contributed by atoms with Gasteiger partial charge < -0.3 is 15.4 Å². The summed E-state index contributed by atoms with van der Waals surface area (Å²) in [5.74, 6) is 0.673. The first kappa shape index (κ1) is 25.0. The van der Waals surface area contributed by atoms with Crippen molar-refractivity contribution in [1.29, 1.82) is 0 Å². The topological polar surface area (TPSA) is 96.5 Å². The lowest BCUT2D eigenvalue weighted by Crippen LogP contribution is -2.44. The summed E-state index contributed by atoms with van der Waals surface area (Å²) in [5.41, 5.74) is 4.64. The maximum Gasteiger partial charge on any atom is 0.251 e. The third kappa shape index (κ3) is 6.39. The second-order valence-corrected chi connectivity index (χ2v) is 9.68. The molecule has 8 nitrogen and oxygen atoms in total. The van der Waals surface area contributed by atoms with Crippen molar-refractivity contribution >= 4 is 11.8 Å². The number of fused-ring (bicyclic) bond motifs is 6. The summed E-state index contributed by atoms with van der Waals surface area (Å²) in [7, 11) is 0. The molecule has 2 atom stereocenters. The predicted molar refractivity (Wildman–Crippen MR) is 141 cm³/mol. The highest BCUT2D eigenvalue weighted by molar-refractivity contribution is 5.95. The molecule has 0 unspecified atom stereocenters. The van der Waals surface area contributed by atoms with Gasteiger partial charge in [0, 0.05) is 50.8 Å². The summed E-state index contributed by atoms with van der Waals surface area (Å²) in [4.78, 5) is 36.7. The Morgan fingerprint density at radius 2 is 1.84 bits per heavy atom. The number of rotatable bonds is 3. The molecule has 2 aromatic carbocycles. The lowest BCUT2D eigenvalue weighted by molar-refractivity contribution is -0.122. The highest BCUT2D eigenvalue weighted by Gasteiger charge is 2.34. The largest absolute Gasteiger partial charge is 0.370 e. The Bertz CT molecular complexity index is 1260. The van der Waals surface area contributed by atoms with Crippen molar-refractivity contribution in [2.75, 3.05) is 19.6 Å². The second-order valence-electron chi connectivity index (χ2n) is 9.68. The van der Waals surface area contributed by atoms with Crippen molar-refractivity contribution < 1.29 is 14.3 Å². The minimum absolute atomic E-state index is 0.0293. The molecule has 192 valence electrons. The van der Waals surface area contributed by atoms with Crippen molar-refractivity contribution in [3.8, 4) is 11.1 Å². The van der Waals surface area contributed by atoms with Crippen LogP contribution in [0.4, 0.5) is 0 Å². The van der Waals surface area contributed by atoms with Crippen LogP contribution < -0.4 is 10.6 Å². The zero-order valence-corrected chi connectivity index (χ0v) is 21.2. The molecule has 0 saturated carbocycles. The number of carbonyl (C=O) groups is 2. The van der Waals surface area contributed by atoms with E-state index >= 15 is 0 Å². The molecule has 2 aliphatic heterocycles. The van der Waals surface area contributed by atoms with Gasteiger partial charge in [0.1, 0.15) is 5.82 Å². The van der Waals surface area contributed by atoms with Gasteiger partial charge in [0.2, 0.25) is 5.91 Å². The molecule has 2 N–H and O–H groups in total. The SMILES string of the molecule is CCc1nccc(CN2C[C@@H]3NC(=O)CCCNC(=O)c4cccc(c4)-c4cccc(c4)CO[C@H]3C2)n1. The number of amides is 2. The van der Waals surface area contributed by atoms with Gasteiger partial charge in [0.25, 0.3) is 5.91 Å². The van der Waals surface area contributed by atoms with Crippen molar-refractivity contribution in [2.45, 2.75) is 51.5 Å². The average molecular weight is 500 g/mol. The third-order valence-electron chi connectivity index (χ3n) is 6.87. The number of benzene rings is 2. The van der Waals surface area contributed by atoms with Crippen molar-refractivity contribution in [1.82, 2.24) is 25.5 Å². The van der Waals surface area contributed by atoms with Crippen LogP contribution in [0.5, 0.6) is 0 Å². The van der Waals surface area contributed by atoms with Crippen molar-refractivity contribution in [3.63, 3.8) is 0 Å². The summed E-state index contributed by atoms with van der Waals surface area (Å²) in [6.07, 6.45) is 3.37. The van der Waals surface area contributed by atoms with Crippen LogP contribution >= 0.6 is 0 Å². The Labute approximate surface area is 217 Å². The zero-order valence-electron chi connectivity index (χ0n) is 21.2. The monoisotopic (exact) mass is 499 g/mol. The fourth-order valence-electron chi connectivity index (χ4n) is 4.93. The minimum atomic E-state index is -0.140. The number of aryl methyl sites for hydroxylation is 1. The van der Waals surface area contributed by atoms with Gasteiger partial charge in [0.05, 0.1) is 24.4 Å². The number of nitrogens with zero attached hydrogens (tertiary/aromatic N) is 3. The molecule has 37 heavy (non-hydrogen) atoms. The van der Waals surface area contributed by atoms with E-state index in [2.05, 4.69) is 31.6 Å². The molecule has 1 saturated heterocycles. The maximum atomic E-state index is 12.8. The van der Waals surface area contributed by atoms with Gasteiger partial charge in [0.15, 0.2) is 0 Å². The van der Waals surface area contributed by atoms with E-state index in [4.69, 9.17) is 4.74 Å². The molecule has 0 aliphatic carbocycles. The van der Waals surface area contributed by atoms with E-state index in [-0.39, 0.29) is 24.0 Å². The van der Waals surface area contributed by atoms with Gasteiger partial charge >= 0.3 is 0 Å². The quantitative estimate of drug-likeness (QED) is 0.575. The van der Waals surface area contributed by atoms with E-state index in [1.54, 1.807) is 6.20 Å². The Morgan fingerprint density at radius 1 is 1.03 bits per heavy atom. The van der Waals surface area contributed by atoms with Gasteiger partial charge in [-0.3, -0.25) is 14.5 Å². The van der Waals surface area contributed by atoms with Gasteiger partial charge in [-0.05, 0) is 47.4 Å². The van der Waals surface area contributed by atoms with E-state index in [1.165, 1.54) is 0 Å². The molecule has 2 aliphatic rings. The average Bonchev–Trinajstić information content (AvgIpc) is 3.30. The lowest BCUT2D eigenvalue weighted by Gasteiger charge is -2.20. The second kappa shape index (κ2) is 11.6. The van der Waals surface area contributed by atoms with E-state index in [0.717, 1.165) is 34.6 Å². The highest BCUT2D eigenvalue weighted by Crippen LogP contribution is 2.24. The van der Waals surface area contributed by atoms with Crippen LogP contribution in [0.3, 0.4) is 0 Å². The van der Waals surface area contributed by atoms with Crippen LogP contribution in [0, 0.1) is 0 Å². The summed E-state index contributed by atoms with van der Waals surface area (Å²) < 4.78 is 6.41. The summed E-state index contributed by atoms with van der Waals surface area (Å²) in [6.45, 7) is 4.99. The molecule has 2 amide bonds. The lowest BCUT2D eigenvalue weighted by atomic mass is 10.0. The van der Waals surface area contributed by atoms with Crippen LogP contribution in [0.15, 0.2) is 60.8 Å². The van der Waals surface area contributed by atoms with E-state index in [9.17, 15) is 9.59 Å². The van der Waals surface area contributed by atoms with Gasteiger partial charge in [-0.15, -0.1) is 0 Å². The highest BCUT2D eigenvalue weighted by atomic mass is 16.5. The molecule has 1 fully saturated rings. The number of carbonyl (C=O) groups excluding carboxylic acids is 2. The normalized spacial score (nSPS) is 21.0. The number of aromatic nitrogens is 2. The fourth-order valence-corrected chi connectivity index (χ4v) is 4.93. The van der Waals surface area contributed by atoms with Gasteiger partial charge in [-0.25, -0.2) is 9.97 Å². The summed E-state index contributed by atoms with van der Waals surface area (Å²) in [6, 6.07) is 17.6. The summed E-state index contributed by atoms with van der Waals surface area (Å²) in [5, 5.41) is 6.12. The van der Waals surface area contributed by atoms with Gasteiger partial charge in [-0.1, -0.05) is 37.3 Å². The Morgan fingerprint density at radius 3 is 2.70 bits per heavy atom. The molecule has 3 heterocycles. The van der Waals surface area contributed by atoms with Crippen LogP contribution in [0.2, 0.25) is 0 Å². The molecular formula is C29H33N5O3. The third-order valence-corrected chi connectivity index (χ3v) is 6.87. The molecule has 0 spiro atoms. The van der Waals surface area contributed by atoms with Gasteiger partial charge in [-0.2, -0.15) is 0 Å². The first-order valence-electron chi connectivity index (χ1n) is 13.0. The molecule has 8 heteroatoms. The van der Waals surface area contributed by atoms with Crippen LogP contribution in [0.25, 0.3) is 11.1 Å². The minimum Gasteiger partial charge on any atom is -0.370 e. The molecule has 3 aromatic rings. The predicted octanol–water partition coefficient (Wildman–Crippen LogP) is 3.12. The number of hydrogen-bond acceptors (Lipinski definition) is 6. The van der Waals surface area contributed by atoms with Crippen LogP contribution in [0.1, 0.15) is 47.2 Å². The molecule has 5 rings (SSSR count). The first-order valence-corrected chi connectivity index (χ1v) is 13.0. The molecule has 4 bridgehead atoms.